The molecule has 1 aromatic carbocycles. The number of primary amides is 1. The smallest absolute Gasteiger partial charge is 0.417 e. The number of amides is 1. The number of aliphatic hydroxyl groups excluding tert-OH is 2. The quantitative estimate of drug-likeness (QED) is 0.300. The minimum absolute atomic E-state index is 0.0775. The molecule has 44 heavy (non-hydrogen) atoms. The van der Waals surface area contributed by atoms with Crippen molar-refractivity contribution in [3.8, 4) is 5.75 Å². The van der Waals surface area contributed by atoms with Crippen LogP contribution in [0.2, 0.25) is 0 Å². The van der Waals surface area contributed by atoms with Crippen LogP contribution >= 0.6 is 0 Å². The van der Waals surface area contributed by atoms with Crippen LogP contribution in [0.15, 0.2) is 23.0 Å². The lowest BCUT2D eigenvalue weighted by molar-refractivity contribution is -0.153. The lowest BCUT2D eigenvalue weighted by Crippen LogP contribution is -2.65. The highest BCUT2D eigenvalue weighted by atomic mass is 19.4. The third kappa shape index (κ3) is 4.80. The first-order chi connectivity index (χ1) is 20.5. The number of ketones is 2. The first-order valence-electron chi connectivity index (χ1n) is 14.9. The highest BCUT2D eigenvalue weighted by Crippen LogP contribution is 2.54. The van der Waals surface area contributed by atoms with Crippen molar-refractivity contribution in [2.75, 3.05) is 20.6 Å². The van der Waals surface area contributed by atoms with Crippen molar-refractivity contribution in [2.24, 2.45) is 17.6 Å². The average Bonchev–Trinajstić information content (AvgIpc) is 2.92. The number of halogens is 3. The molecule has 0 unspecified atom stereocenters. The highest BCUT2D eigenvalue weighted by molar-refractivity contribution is 6.24. The van der Waals surface area contributed by atoms with Crippen LogP contribution in [0.1, 0.15) is 67.7 Å². The number of nitrogens with zero attached hydrogens (tertiary/aromatic N) is 2. The van der Waals surface area contributed by atoms with Gasteiger partial charge in [-0.2, -0.15) is 13.2 Å². The number of carbonyl (C=O) groups is 3. The van der Waals surface area contributed by atoms with Gasteiger partial charge < -0.3 is 26.2 Å². The lowest BCUT2D eigenvalue weighted by atomic mass is 9.57. The number of carbonyl (C=O) groups excluding carboxylic acids is 3. The van der Waals surface area contributed by atoms with Gasteiger partial charge in [0, 0.05) is 24.1 Å². The largest absolute Gasteiger partial charge is 0.508 e. The number of aromatic hydroxyl groups is 1. The van der Waals surface area contributed by atoms with Crippen molar-refractivity contribution in [3.05, 3.63) is 45.2 Å². The number of rotatable bonds is 6. The molecular weight excluding hydrogens is 583 g/mol. The van der Waals surface area contributed by atoms with E-state index in [1.807, 2.05) is 11.8 Å². The van der Waals surface area contributed by atoms with Gasteiger partial charge in [-0.25, -0.2) is 0 Å². The Hall–Kier alpha value is -3.42. The van der Waals surface area contributed by atoms with Crippen LogP contribution in [0.4, 0.5) is 13.2 Å². The lowest BCUT2D eigenvalue weighted by Gasteiger charge is -2.50. The van der Waals surface area contributed by atoms with E-state index in [1.54, 1.807) is 0 Å². The molecule has 0 spiro atoms. The van der Waals surface area contributed by atoms with E-state index >= 15 is 0 Å². The van der Waals surface area contributed by atoms with Crippen LogP contribution < -0.4 is 5.73 Å². The standard InChI is InChI=1S/C31H38F3N3O7/c1-4-37(16-8-6-5-7-9-16)13-15-12-19(38)21-17(23(15)31(32,33)34)10-14-11-18-24(36(2)3)26(40)22(29(35)43)28(42)30(18,44)27(41)20(14)25(21)39/h12,14,16,18,24,38-39,42,44H,4-11,13H2,1-3H3,(H2,35,43)/t14-,18-,24-,30-/m0/s1. The van der Waals surface area contributed by atoms with Crippen molar-refractivity contribution in [1.29, 1.82) is 0 Å². The summed E-state index contributed by atoms with van der Waals surface area (Å²) in [4.78, 5) is 42.6. The highest BCUT2D eigenvalue weighted by Gasteiger charge is 2.64. The number of nitrogens with two attached hydrogens (primary N) is 1. The average molecular weight is 622 g/mol. The van der Waals surface area contributed by atoms with E-state index in [2.05, 4.69) is 0 Å². The molecule has 0 bridgehead atoms. The van der Waals surface area contributed by atoms with Crippen LogP contribution in [0.25, 0.3) is 5.76 Å². The molecule has 4 atom stereocenters. The second-order valence-corrected chi connectivity index (χ2v) is 12.6. The molecule has 1 aromatic rings. The topological polar surface area (TPSA) is 165 Å². The predicted molar refractivity (Wildman–Crippen MR) is 152 cm³/mol. The van der Waals surface area contributed by atoms with Crippen LogP contribution in [0.3, 0.4) is 0 Å². The van der Waals surface area contributed by atoms with Crippen molar-refractivity contribution >= 4 is 23.2 Å². The zero-order valence-electron chi connectivity index (χ0n) is 24.9. The van der Waals surface area contributed by atoms with Crippen LogP contribution in [-0.4, -0.2) is 86.0 Å². The Balaban J connectivity index is 1.68. The monoisotopic (exact) mass is 621 g/mol. The molecule has 0 aromatic heterocycles. The molecule has 4 aliphatic carbocycles. The van der Waals surface area contributed by atoms with Gasteiger partial charge in [0.2, 0.25) is 5.78 Å². The van der Waals surface area contributed by atoms with E-state index in [9.17, 15) is 48.0 Å². The second-order valence-electron chi connectivity index (χ2n) is 12.6. The van der Waals surface area contributed by atoms with Gasteiger partial charge in [-0.05, 0) is 69.4 Å². The number of Topliss-reactive ketones (excluding diaryl/α,β-unsaturated/α-hetero) is 2. The molecule has 0 saturated heterocycles. The molecule has 10 nitrogen and oxygen atoms in total. The van der Waals surface area contributed by atoms with Crippen LogP contribution in [-0.2, 0) is 33.5 Å². The van der Waals surface area contributed by atoms with Crippen molar-refractivity contribution < 1.29 is 48.0 Å². The summed E-state index contributed by atoms with van der Waals surface area (Å²) in [5.74, 6) is -8.93. The molecule has 13 heteroatoms. The maximum absolute atomic E-state index is 14.9. The number of phenolic OH excluding ortho intramolecular Hbond substituents is 1. The molecule has 1 amide bonds. The summed E-state index contributed by atoms with van der Waals surface area (Å²) in [6.45, 7) is 2.29. The van der Waals surface area contributed by atoms with Gasteiger partial charge in [-0.1, -0.05) is 26.2 Å². The molecule has 0 radical (unpaired) electrons. The van der Waals surface area contributed by atoms with Gasteiger partial charge in [-0.3, -0.25) is 24.2 Å². The first-order valence-corrected chi connectivity index (χ1v) is 14.9. The normalized spacial score (nSPS) is 28.0. The Morgan fingerprint density at radius 2 is 1.75 bits per heavy atom. The van der Waals surface area contributed by atoms with E-state index in [0.717, 1.165) is 38.2 Å². The van der Waals surface area contributed by atoms with E-state index in [0.29, 0.717) is 6.54 Å². The Labute approximate surface area is 252 Å². The van der Waals surface area contributed by atoms with Gasteiger partial charge in [0.05, 0.1) is 17.2 Å². The molecule has 2 fully saturated rings. The molecule has 4 aliphatic rings. The van der Waals surface area contributed by atoms with E-state index in [-0.39, 0.29) is 30.1 Å². The molecule has 6 N–H and O–H groups in total. The molecule has 240 valence electrons. The maximum Gasteiger partial charge on any atom is 0.417 e. The van der Waals surface area contributed by atoms with Crippen molar-refractivity contribution in [1.82, 2.24) is 9.80 Å². The molecule has 5 rings (SSSR count). The van der Waals surface area contributed by atoms with Gasteiger partial charge >= 0.3 is 6.18 Å². The molecular formula is C31H38F3N3O7. The van der Waals surface area contributed by atoms with Gasteiger partial charge in [-0.15, -0.1) is 0 Å². The third-order valence-corrected chi connectivity index (χ3v) is 9.96. The van der Waals surface area contributed by atoms with Gasteiger partial charge in [0.25, 0.3) is 5.91 Å². The second kappa shape index (κ2) is 11.2. The molecule has 2 saturated carbocycles. The zero-order valence-corrected chi connectivity index (χ0v) is 24.9. The third-order valence-electron chi connectivity index (χ3n) is 9.96. The first kappa shape index (κ1) is 32.0. The van der Waals surface area contributed by atoms with E-state index in [4.69, 9.17) is 5.73 Å². The van der Waals surface area contributed by atoms with Crippen LogP contribution in [0, 0.1) is 11.8 Å². The number of fused-ring (bicyclic) bond motifs is 3. The number of hydrogen-bond donors (Lipinski definition) is 5. The molecule has 0 heterocycles. The Morgan fingerprint density at radius 3 is 2.30 bits per heavy atom. The number of alkyl halides is 3. The fourth-order valence-electron chi connectivity index (χ4n) is 8.03. The van der Waals surface area contributed by atoms with Crippen LogP contribution in [0.5, 0.6) is 5.75 Å². The summed E-state index contributed by atoms with van der Waals surface area (Å²) >= 11 is 0. The van der Waals surface area contributed by atoms with E-state index < -0.39 is 93.1 Å². The minimum Gasteiger partial charge on any atom is -0.508 e. The number of phenols is 1. The van der Waals surface area contributed by atoms with Crippen molar-refractivity contribution in [3.63, 3.8) is 0 Å². The van der Waals surface area contributed by atoms with E-state index in [1.165, 1.54) is 19.0 Å². The summed E-state index contributed by atoms with van der Waals surface area (Å²) in [7, 11) is 2.90. The number of hydrogen-bond acceptors (Lipinski definition) is 9. The summed E-state index contributed by atoms with van der Waals surface area (Å²) in [5, 5.41) is 45.0. The summed E-state index contributed by atoms with van der Waals surface area (Å²) in [5.41, 5.74) is -1.10. The summed E-state index contributed by atoms with van der Waals surface area (Å²) < 4.78 is 44.6. The van der Waals surface area contributed by atoms with Crippen molar-refractivity contribution in [2.45, 2.75) is 82.3 Å². The minimum atomic E-state index is -4.87. The zero-order chi connectivity index (χ0) is 32.5. The van der Waals surface area contributed by atoms with Gasteiger partial charge in [0.1, 0.15) is 22.8 Å². The Morgan fingerprint density at radius 1 is 1.11 bits per heavy atom. The Bertz CT molecular complexity index is 1480. The van der Waals surface area contributed by atoms with Gasteiger partial charge in [0.15, 0.2) is 11.4 Å². The number of likely N-dealkylation sites (N-methyl/N-ethyl adjacent to an activating group) is 1. The SMILES string of the molecule is CCN(Cc1cc(O)c2c(c1C(F)(F)F)C[C@H]1C[C@H]3[C@H](N(C)C)C(=O)C(C(N)=O)=C(O)[C@@]3(O)C(=O)C1=C2O)C1CCCCC1. The number of aliphatic hydroxyl groups is 3. The number of benzene rings is 1. The fourth-order valence-corrected chi connectivity index (χ4v) is 8.03. The Kier molecular flexibility index (Phi) is 8.13. The predicted octanol–water partition coefficient (Wildman–Crippen LogP) is 3.14. The fraction of sp³-hybridized carbons (Fsp3) is 0.581. The summed E-state index contributed by atoms with van der Waals surface area (Å²) in [6.07, 6.45) is -0.845. The maximum atomic E-state index is 14.9. The molecule has 0 aliphatic heterocycles. The summed E-state index contributed by atoms with van der Waals surface area (Å²) in [6, 6.07) is -0.263.